The fraction of sp³-hybridized carbons (Fsp3) is 0.0952. The summed E-state index contributed by atoms with van der Waals surface area (Å²) in [5.74, 6) is -0.777. The summed E-state index contributed by atoms with van der Waals surface area (Å²) < 4.78 is 14.8. The van der Waals surface area contributed by atoms with Crippen molar-refractivity contribution in [2.75, 3.05) is 10.6 Å². The number of hydrogen-bond acceptors (Lipinski definition) is 3. The zero-order valence-electron chi connectivity index (χ0n) is 15.4. The van der Waals surface area contributed by atoms with Crippen molar-refractivity contribution < 1.29 is 14.0 Å². The SMILES string of the molecule is CC(=O)Nc1ccc(NC(=O)C=Cc2cnn(C)c2-c2ccc(F)cc2)cc1. The van der Waals surface area contributed by atoms with E-state index in [1.807, 2.05) is 0 Å². The predicted octanol–water partition coefficient (Wildman–Crippen LogP) is 3.84. The number of benzene rings is 2. The van der Waals surface area contributed by atoms with Crippen LogP contribution in [0.5, 0.6) is 0 Å². The van der Waals surface area contributed by atoms with Gasteiger partial charge in [-0.3, -0.25) is 14.3 Å². The van der Waals surface area contributed by atoms with Crippen LogP contribution in [0.3, 0.4) is 0 Å². The summed E-state index contributed by atoms with van der Waals surface area (Å²) in [6, 6.07) is 12.9. The minimum atomic E-state index is -0.313. The number of carbonyl (C=O) groups is 2. The molecule has 0 atom stereocenters. The molecule has 0 bridgehead atoms. The van der Waals surface area contributed by atoms with Crippen LogP contribution in [0, 0.1) is 5.82 Å². The van der Waals surface area contributed by atoms with Gasteiger partial charge in [0.1, 0.15) is 5.82 Å². The molecule has 6 nitrogen and oxygen atoms in total. The van der Waals surface area contributed by atoms with E-state index in [-0.39, 0.29) is 17.6 Å². The summed E-state index contributed by atoms with van der Waals surface area (Å²) in [6.07, 6.45) is 4.71. The van der Waals surface area contributed by atoms with Crippen molar-refractivity contribution in [2.45, 2.75) is 6.92 Å². The van der Waals surface area contributed by atoms with Gasteiger partial charge in [-0.1, -0.05) is 0 Å². The van der Waals surface area contributed by atoms with Crippen LogP contribution in [0.4, 0.5) is 15.8 Å². The van der Waals surface area contributed by atoms with E-state index in [1.165, 1.54) is 25.1 Å². The van der Waals surface area contributed by atoms with Crippen LogP contribution in [0.25, 0.3) is 17.3 Å². The molecule has 142 valence electrons. The molecule has 7 heteroatoms. The zero-order chi connectivity index (χ0) is 20.1. The highest BCUT2D eigenvalue weighted by atomic mass is 19.1. The Labute approximate surface area is 161 Å². The number of hydrogen-bond donors (Lipinski definition) is 2. The molecule has 0 radical (unpaired) electrons. The highest BCUT2D eigenvalue weighted by Crippen LogP contribution is 2.24. The number of amides is 2. The number of halogens is 1. The topological polar surface area (TPSA) is 76.0 Å². The molecular formula is C21H19FN4O2. The monoisotopic (exact) mass is 378 g/mol. The van der Waals surface area contributed by atoms with Crippen LogP contribution in [-0.4, -0.2) is 21.6 Å². The second kappa shape index (κ2) is 8.30. The molecule has 0 aliphatic rings. The molecular weight excluding hydrogens is 359 g/mol. The van der Waals surface area contributed by atoms with E-state index in [0.717, 1.165) is 16.8 Å². The molecule has 28 heavy (non-hydrogen) atoms. The number of aryl methyl sites for hydroxylation is 1. The molecule has 0 saturated heterocycles. The number of anilines is 2. The Balaban J connectivity index is 1.71. The Morgan fingerprint density at radius 2 is 1.61 bits per heavy atom. The van der Waals surface area contributed by atoms with Gasteiger partial charge in [-0.25, -0.2) is 4.39 Å². The van der Waals surface area contributed by atoms with Gasteiger partial charge in [-0.15, -0.1) is 0 Å². The number of nitrogens with one attached hydrogen (secondary N) is 2. The molecule has 0 unspecified atom stereocenters. The summed E-state index contributed by atoms with van der Waals surface area (Å²) in [5, 5.41) is 9.63. The maximum atomic E-state index is 13.2. The third-order valence-corrected chi connectivity index (χ3v) is 3.97. The molecule has 1 aromatic heterocycles. The maximum Gasteiger partial charge on any atom is 0.248 e. The van der Waals surface area contributed by atoms with E-state index >= 15 is 0 Å². The molecule has 0 fully saturated rings. The summed E-state index contributed by atoms with van der Waals surface area (Å²) in [4.78, 5) is 23.2. The van der Waals surface area contributed by atoms with Crippen molar-refractivity contribution in [2.24, 2.45) is 7.05 Å². The lowest BCUT2D eigenvalue weighted by Crippen LogP contribution is -2.08. The maximum absolute atomic E-state index is 13.2. The summed E-state index contributed by atoms with van der Waals surface area (Å²) in [6.45, 7) is 1.43. The fourth-order valence-corrected chi connectivity index (χ4v) is 2.73. The van der Waals surface area contributed by atoms with Crippen molar-refractivity contribution in [3.63, 3.8) is 0 Å². The Bertz CT molecular complexity index is 1020. The highest BCUT2D eigenvalue weighted by Gasteiger charge is 2.09. The van der Waals surface area contributed by atoms with Gasteiger partial charge in [0.2, 0.25) is 11.8 Å². The average Bonchev–Trinajstić information content (AvgIpc) is 3.02. The van der Waals surface area contributed by atoms with Gasteiger partial charge in [0, 0.05) is 42.5 Å². The van der Waals surface area contributed by atoms with Gasteiger partial charge in [0.15, 0.2) is 0 Å². The molecule has 1 heterocycles. The first-order valence-corrected chi connectivity index (χ1v) is 8.57. The first kappa shape index (κ1) is 19.0. The van der Waals surface area contributed by atoms with Gasteiger partial charge in [-0.05, 0) is 54.6 Å². The number of rotatable bonds is 5. The van der Waals surface area contributed by atoms with Crippen molar-refractivity contribution in [1.29, 1.82) is 0 Å². The Hall–Kier alpha value is -3.74. The third kappa shape index (κ3) is 4.70. The quantitative estimate of drug-likeness (QED) is 0.663. The standard InChI is InChI=1S/C21H19FN4O2/c1-14(27)24-18-8-10-19(11-9-18)25-20(28)12-5-16-13-23-26(2)21(16)15-3-6-17(22)7-4-15/h3-13H,1-2H3,(H,24,27)(H,25,28). The molecule has 2 amide bonds. The Morgan fingerprint density at radius 1 is 1.00 bits per heavy atom. The largest absolute Gasteiger partial charge is 0.326 e. The average molecular weight is 378 g/mol. The smallest absolute Gasteiger partial charge is 0.248 e. The molecule has 0 aliphatic carbocycles. The van der Waals surface area contributed by atoms with E-state index in [0.29, 0.717) is 11.4 Å². The van der Waals surface area contributed by atoms with E-state index in [2.05, 4.69) is 15.7 Å². The van der Waals surface area contributed by atoms with Gasteiger partial charge in [0.25, 0.3) is 0 Å². The highest BCUT2D eigenvalue weighted by molar-refractivity contribution is 6.02. The van der Waals surface area contributed by atoms with Crippen molar-refractivity contribution in [3.05, 3.63) is 72.2 Å². The second-order valence-electron chi connectivity index (χ2n) is 6.16. The molecule has 0 spiro atoms. The Kier molecular flexibility index (Phi) is 5.64. The van der Waals surface area contributed by atoms with Crippen LogP contribution in [0.15, 0.2) is 60.8 Å². The molecule has 0 aliphatic heterocycles. The lowest BCUT2D eigenvalue weighted by molar-refractivity contribution is -0.114. The molecule has 3 aromatic rings. The molecule has 0 saturated carbocycles. The summed E-state index contributed by atoms with van der Waals surface area (Å²) >= 11 is 0. The fourth-order valence-electron chi connectivity index (χ4n) is 2.73. The van der Waals surface area contributed by atoms with Crippen LogP contribution in [-0.2, 0) is 16.6 Å². The minimum absolute atomic E-state index is 0.159. The zero-order valence-corrected chi connectivity index (χ0v) is 15.4. The van der Waals surface area contributed by atoms with Gasteiger partial charge < -0.3 is 10.6 Å². The first-order chi connectivity index (χ1) is 13.4. The van der Waals surface area contributed by atoms with Crippen molar-refractivity contribution >= 4 is 29.3 Å². The minimum Gasteiger partial charge on any atom is -0.326 e. The third-order valence-electron chi connectivity index (χ3n) is 3.97. The molecule has 2 N–H and O–H groups in total. The van der Waals surface area contributed by atoms with Crippen molar-refractivity contribution in [3.8, 4) is 11.3 Å². The molecule has 2 aromatic carbocycles. The number of carbonyl (C=O) groups excluding carboxylic acids is 2. The summed E-state index contributed by atoms with van der Waals surface area (Å²) in [5.41, 5.74) is 3.58. The first-order valence-electron chi connectivity index (χ1n) is 8.57. The van der Waals surface area contributed by atoms with Crippen LogP contribution in [0.1, 0.15) is 12.5 Å². The predicted molar refractivity (Wildman–Crippen MR) is 107 cm³/mol. The van der Waals surface area contributed by atoms with Gasteiger partial charge in [-0.2, -0.15) is 5.10 Å². The van der Waals surface area contributed by atoms with E-state index < -0.39 is 0 Å². The van der Waals surface area contributed by atoms with E-state index in [1.54, 1.807) is 60.4 Å². The van der Waals surface area contributed by atoms with Gasteiger partial charge >= 0.3 is 0 Å². The lowest BCUT2D eigenvalue weighted by Gasteiger charge is -2.06. The van der Waals surface area contributed by atoms with Crippen LogP contribution in [0.2, 0.25) is 0 Å². The number of aromatic nitrogens is 2. The molecule has 3 rings (SSSR count). The number of nitrogens with zero attached hydrogens (tertiary/aromatic N) is 2. The van der Waals surface area contributed by atoms with E-state index in [9.17, 15) is 14.0 Å². The van der Waals surface area contributed by atoms with Crippen LogP contribution >= 0.6 is 0 Å². The normalized spacial score (nSPS) is 10.8. The van der Waals surface area contributed by atoms with E-state index in [4.69, 9.17) is 0 Å². The lowest BCUT2D eigenvalue weighted by atomic mass is 10.1. The van der Waals surface area contributed by atoms with Gasteiger partial charge in [0.05, 0.1) is 11.9 Å². The Morgan fingerprint density at radius 3 is 2.21 bits per heavy atom. The van der Waals surface area contributed by atoms with Crippen LogP contribution < -0.4 is 10.6 Å². The second-order valence-corrected chi connectivity index (χ2v) is 6.16. The van der Waals surface area contributed by atoms with Crippen molar-refractivity contribution in [1.82, 2.24) is 9.78 Å². The summed E-state index contributed by atoms with van der Waals surface area (Å²) in [7, 11) is 1.78.